The van der Waals surface area contributed by atoms with E-state index in [-0.39, 0.29) is 5.91 Å². The summed E-state index contributed by atoms with van der Waals surface area (Å²) in [7, 11) is 0. The van der Waals surface area contributed by atoms with Crippen molar-refractivity contribution < 1.29 is 14.1 Å². The molecule has 128 valence electrons. The number of pyridine rings is 1. The lowest BCUT2D eigenvalue weighted by Crippen LogP contribution is -2.48. The van der Waals surface area contributed by atoms with Crippen LogP contribution in [0, 0.1) is 6.92 Å². The number of aryl methyl sites for hydroxylation is 1. The first-order chi connectivity index (χ1) is 11.7. The number of piperazine rings is 1. The van der Waals surface area contributed by atoms with Gasteiger partial charge in [-0.05, 0) is 26.0 Å². The zero-order valence-electron chi connectivity index (χ0n) is 14.1. The summed E-state index contributed by atoms with van der Waals surface area (Å²) in [6, 6.07) is 5.48. The molecule has 0 N–H and O–H groups in total. The fraction of sp³-hybridized carbons (Fsp3) is 0.471. The van der Waals surface area contributed by atoms with E-state index in [2.05, 4.69) is 15.0 Å². The molecule has 2 aromatic heterocycles. The molecular formula is C17H22N4O3. The van der Waals surface area contributed by atoms with E-state index in [1.54, 1.807) is 18.3 Å². The van der Waals surface area contributed by atoms with Gasteiger partial charge in [-0.25, -0.2) is 4.98 Å². The highest BCUT2D eigenvalue weighted by Gasteiger charge is 2.25. The van der Waals surface area contributed by atoms with E-state index in [0.29, 0.717) is 31.1 Å². The predicted octanol–water partition coefficient (Wildman–Crippen LogP) is 1.73. The monoisotopic (exact) mass is 330 g/mol. The van der Waals surface area contributed by atoms with E-state index in [1.807, 2.05) is 24.8 Å². The average molecular weight is 330 g/mol. The SMILES string of the molecule is CCOc1ncccc1C(=O)N1CCN(Cc2cc(C)no2)CC1. The second-order valence-electron chi connectivity index (χ2n) is 5.79. The summed E-state index contributed by atoms with van der Waals surface area (Å²) in [5.74, 6) is 1.24. The van der Waals surface area contributed by atoms with Crippen molar-refractivity contribution in [3.63, 3.8) is 0 Å². The van der Waals surface area contributed by atoms with Crippen LogP contribution in [0.3, 0.4) is 0 Å². The molecule has 0 bridgehead atoms. The molecule has 2 aromatic rings. The number of hydrogen-bond donors (Lipinski definition) is 0. The highest BCUT2D eigenvalue weighted by atomic mass is 16.5. The molecule has 7 heteroatoms. The number of nitrogens with zero attached hydrogens (tertiary/aromatic N) is 4. The third-order valence-electron chi connectivity index (χ3n) is 4.00. The van der Waals surface area contributed by atoms with E-state index >= 15 is 0 Å². The topological polar surface area (TPSA) is 71.7 Å². The quantitative estimate of drug-likeness (QED) is 0.831. The first-order valence-electron chi connectivity index (χ1n) is 8.19. The molecule has 0 atom stereocenters. The summed E-state index contributed by atoms with van der Waals surface area (Å²) in [4.78, 5) is 21.0. The lowest BCUT2D eigenvalue weighted by molar-refractivity contribution is 0.0612. The van der Waals surface area contributed by atoms with Crippen LogP contribution in [0.1, 0.15) is 28.7 Å². The van der Waals surface area contributed by atoms with Gasteiger partial charge in [0.05, 0.1) is 18.8 Å². The van der Waals surface area contributed by atoms with Crippen molar-refractivity contribution in [1.82, 2.24) is 19.9 Å². The van der Waals surface area contributed by atoms with Crippen molar-refractivity contribution >= 4 is 5.91 Å². The Labute approximate surface area is 141 Å². The Morgan fingerprint density at radius 3 is 2.79 bits per heavy atom. The van der Waals surface area contributed by atoms with Crippen LogP contribution in [0.5, 0.6) is 5.88 Å². The Morgan fingerprint density at radius 1 is 1.33 bits per heavy atom. The molecule has 1 aliphatic rings. The standard InChI is InChI=1S/C17H22N4O3/c1-3-23-16-15(5-4-6-18-16)17(22)21-9-7-20(8-10-21)12-14-11-13(2)19-24-14/h4-6,11H,3,7-10,12H2,1-2H3. The summed E-state index contributed by atoms with van der Waals surface area (Å²) in [6.07, 6.45) is 1.64. The third-order valence-corrected chi connectivity index (χ3v) is 4.00. The van der Waals surface area contributed by atoms with Gasteiger partial charge in [-0.1, -0.05) is 5.16 Å². The molecule has 1 saturated heterocycles. The molecule has 1 amide bonds. The fourth-order valence-corrected chi connectivity index (χ4v) is 2.80. The Balaban J connectivity index is 1.59. The molecule has 0 spiro atoms. The molecule has 0 aliphatic carbocycles. The molecule has 0 saturated carbocycles. The van der Waals surface area contributed by atoms with Gasteiger partial charge in [0.1, 0.15) is 5.56 Å². The number of ether oxygens (including phenoxy) is 1. The summed E-state index contributed by atoms with van der Waals surface area (Å²) in [5, 5.41) is 3.91. The fourth-order valence-electron chi connectivity index (χ4n) is 2.80. The molecule has 0 unspecified atom stereocenters. The second-order valence-corrected chi connectivity index (χ2v) is 5.79. The number of amides is 1. The van der Waals surface area contributed by atoms with Crippen LogP contribution in [-0.4, -0.2) is 58.6 Å². The van der Waals surface area contributed by atoms with E-state index in [9.17, 15) is 4.79 Å². The molecule has 1 fully saturated rings. The Hall–Kier alpha value is -2.41. The van der Waals surface area contributed by atoms with Crippen LogP contribution in [0.25, 0.3) is 0 Å². The summed E-state index contributed by atoms with van der Waals surface area (Å²) in [6.45, 7) is 7.95. The first-order valence-corrected chi connectivity index (χ1v) is 8.19. The van der Waals surface area contributed by atoms with Gasteiger partial charge in [-0.15, -0.1) is 0 Å². The largest absolute Gasteiger partial charge is 0.477 e. The molecule has 1 aliphatic heterocycles. The lowest BCUT2D eigenvalue weighted by Gasteiger charge is -2.34. The van der Waals surface area contributed by atoms with Crippen molar-refractivity contribution in [2.45, 2.75) is 20.4 Å². The van der Waals surface area contributed by atoms with Crippen LogP contribution >= 0.6 is 0 Å². The molecule has 24 heavy (non-hydrogen) atoms. The minimum Gasteiger partial charge on any atom is -0.477 e. The molecule has 3 rings (SSSR count). The van der Waals surface area contributed by atoms with Crippen molar-refractivity contribution in [2.24, 2.45) is 0 Å². The molecule has 3 heterocycles. The van der Waals surface area contributed by atoms with Crippen molar-refractivity contribution in [3.05, 3.63) is 41.4 Å². The predicted molar refractivity (Wildman–Crippen MR) is 87.8 cm³/mol. The van der Waals surface area contributed by atoms with Gasteiger partial charge in [0.2, 0.25) is 5.88 Å². The van der Waals surface area contributed by atoms with Crippen molar-refractivity contribution in [3.8, 4) is 5.88 Å². The highest BCUT2D eigenvalue weighted by Crippen LogP contribution is 2.18. The second kappa shape index (κ2) is 7.44. The van der Waals surface area contributed by atoms with Crippen molar-refractivity contribution in [1.29, 1.82) is 0 Å². The van der Waals surface area contributed by atoms with Crippen LogP contribution < -0.4 is 4.74 Å². The maximum Gasteiger partial charge on any atom is 0.259 e. The third kappa shape index (κ3) is 3.73. The lowest BCUT2D eigenvalue weighted by atomic mass is 10.2. The minimum absolute atomic E-state index is 0.0262. The van der Waals surface area contributed by atoms with Crippen LogP contribution in [0.15, 0.2) is 28.9 Å². The molecular weight excluding hydrogens is 308 g/mol. The highest BCUT2D eigenvalue weighted by molar-refractivity contribution is 5.96. The minimum atomic E-state index is -0.0262. The van der Waals surface area contributed by atoms with E-state index < -0.39 is 0 Å². The number of carbonyl (C=O) groups is 1. The number of carbonyl (C=O) groups excluding carboxylic acids is 1. The van der Waals surface area contributed by atoms with Crippen molar-refractivity contribution in [2.75, 3.05) is 32.8 Å². The Kier molecular flexibility index (Phi) is 5.10. The molecule has 0 aromatic carbocycles. The zero-order chi connectivity index (χ0) is 16.9. The molecule has 7 nitrogen and oxygen atoms in total. The smallest absolute Gasteiger partial charge is 0.259 e. The first kappa shape index (κ1) is 16.4. The van der Waals surface area contributed by atoms with Crippen LogP contribution in [0.2, 0.25) is 0 Å². The summed E-state index contributed by atoms with van der Waals surface area (Å²) >= 11 is 0. The Morgan fingerprint density at radius 2 is 2.12 bits per heavy atom. The summed E-state index contributed by atoms with van der Waals surface area (Å²) in [5.41, 5.74) is 1.41. The zero-order valence-corrected chi connectivity index (χ0v) is 14.1. The van der Waals surface area contributed by atoms with E-state index in [0.717, 1.165) is 31.1 Å². The summed E-state index contributed by atoms with van der Waals surface area (Å²) < 4.78 is 10.7. The van der Waals surface area contributed by atoms with E-state index in [4.69, 9.17) is 9.26 Å². The van der Waals surface area contributed by atoms with Gasteiger partial charge >= 0.3 is 0 Å². The average Bonchev–Trinajstić information content (AvgIpc) is 3.01. The van der Waals surface area contributed by atoms with Gasteiger partial charge in [0.25, 0.3) is 5.91 Å². The van der Waals surface area contributed by atoms with Gasteiger partial charge in [-0.2, -0.15) is 0 Å². The maximum atomic E-state index is 12.7. The number of aromatic nitrogens is 2. The number of rotatable bonds is 5. The Bertz CT molecular complexity index is 693. The van der Waals surface area contributed by atoms with Crippen LogP contribution in [0.4, 0.5) is 0 Å². The van der Waals surface area contributed by atoms with Gasteiger partial charge in [0.15, 0.2) is 5.76 Å². The van der Waals surface area contributed by atoms with Gasteiger partial charge in [-0.3, -0.25) is 9.69 Å². The maximum absolute atomic E-state index is 12.7. The van der Waals surface area contributed by atoms with Gasteiger partial charge < -0.3 is 14.2 Å². The molecule has 0 radical (unpaired) electrons. The van der Waals surface area contributed by atoms with E-state index in [1.165, 1.54) is 0 Å². The van der Waals surface area contributed by atoms with Crippen LogP contribution in [-0.2, 0) is 6.54 Å². The van der Waals surface area contributed by atoms with Gasteiger partial charge in [0, 0.05) is 38.4 Å². The normalized spacial score (nSPS) is 15.5. The number of hydrogen-bond acceptors (Lipinski definition) is 6.